The van der Waals surface area contributed by atoms with E-state index in [2.05, 4.69) is 12.2 Å². The molecule has 0 aromatic heterocycles. The van der Waals surface area contributed by atoms with Crippen molar-refractivity contribution < 1.29 is 9.59 Å². The average Bonchev–Trinajstić information content (AvgIpc) is 3.36. The Morgan fingerprint density at radius 1 is 1.36 bits per heavy atom. The zero-order valence-corrected chi connectivity index (χ0v) is 13.3. The Labute approximate surface area is 131 Å². The number of hydrogen-bond acceptors (Lipinski definition) is 2. The molecule has 3 rings (SSSR count). The summed E-state index contributed by atoms with van der Waals surface area (Å²) in [6.45, 7) is 2.12. The number of anilines is 1. The Morgan fingerprint density at radius 2 is 2.09 bits per heavy atom. The molecule has 1 N–H and O–H groups in total. The largest absolute Gasteiger partial charge is 0.343 e. The van der Waals surface area contributed by atoms with Gasteiger partial charge in [0.15, 0.2) is 0 Å². The van der Waals surface area contributed by atoms with Gasteiger partial charge in [0, 0.05) is 31.1 Å². The molecule has 1 aliphatic heterocycles. The molecular formula is C18H24N2O2. The molecule has 1 aliphatic carbocycles. The molecule has 1 aromatic carbocycles. The number of carbonyl (C=O) groups excluding carboxylic acids is 2. The molecule has 1 aromatic rings. The minimum Gasteiger partial charge on any atom is -0.343 e. The maximum atomic E-state index is 12.3. The first kappa shape index (κ1) is 15.1. The molecule has 0 radical (unpaired) electrons. The molecule has 2 amide bonds. The molecular weight excluding hydrogens is 276 g/mol. The predicted molar refractivity (Wildman–Crippen MR) is 86.5 cm³/mol. The minimum atomic E-state index is -0.0940. The summed E-state index contributed by atoms with van der Waals surface area (Å²) in [5, 5.41) is 2.95. The molecule has 1 saturated carbocycles. The highest BCUT2D eigenvalue weighted by Crippen LogP contribution is 2.35. The van der Waals surface area contributed by atoms with Gasteiger partial charge < -0.3 is 10.2 Å². The quantitative estimate of drug-likeness (QED) is 0.909. The summed E-state index contributed by atoms with van der Waals surface area (Å²) >= 11 is 0. The van der Waals surface area contributed by atoms with Gasteiger partial charge in [0.1, 0.15) is 0 Å². The highest BCUT2D eigenvalue weighted by molar-refractivity contribution is 5.96. The Hall–Kier alpha value is -1.84. The lowest BCUT2D eigenvalue weighted by atomic mass is 9.89. The van der Waals surface area contributed by atoms with Gasteiger partial charge in [-0.1, -0.05) is 18.2 Å². The molecule has 2 aliphatic rings. The molecule has 1 heterocycles. The lowest BCUT2D eigenvalue weighted by Gasteiger charge is -2.27. The topological polar surface area (TPSA) is 49.4 Å². The van der Waals surface area contributed by atoms with Crippen LogP contribution in [0.2, 0.25) is 0 Å². The molecule has 22 heavy (non-hydrogen) atoms. The summed E-state index contributed by atoms with van der Waals surface area (Å²) in [6.07, 6.45) is 4.28. The van der Waals surface area contributed by atoms with Gasteiger partial charge in [-0.2, -0.15) is 0 Å². The van der Waals surface area contributed by atoms with E-state index in [9.17, 15) is 9.59 Å². The highest BCUT2D eigenvalue weighted by atomic mass is 16.2. The SMILES string of the molecule is CC(C1CC1)N(C)C(=O)CCC1Cc2ccccc2NC1=O. The molecule has 0 spiro atoms. The Morgan fingerprint density at radius 3 is 2.82 bits per heavy atom. The van der Waals surface area contributed by atoms with Crippen LogP contribution in [-0.2, 0) is 16.0 Å². The van der Waals surface area contributed by atoms with Crippen molar-refractivity contribution in [2.75, 3.05) is 12.4 Å². The van der Waals surface area contributed by atoms with Crippen LogP contribution in [0, 0.1) is 11.8 Å². The Balaban J connectivity index is 1.55. The third-order valence-electron chi connectivity index (χ3n) is 5.13. The number of nitrogens with one attached hydrogen (secondary N) is 1. The van der Waals surface area contributed by atoms with Crippen LogP contribution in [-0.4, -0.2) is 29.8 Å². The zero-order chi connectivity index (χ0) is 15.7. The number of carbonyl (C=O) groups is 2. The van der Waals surface area contributed by atoms with E-state index >= 15 is 0 Å². The van der Waals surface area contributed by atoms with Gasteiger partial charge in [-0.3, -0.25) is 9.59 Å². The first-order valence-electron chi connectivity index (χ1n) is 8.20. The molecule has 118 valence electrons. The number of rotatable bonds is 5. The van der Waals surface area contributed by atoms with E-state index < -0.39 is 0 Å². The fourth-order valence-corrected chi connectivity index (χ4v) is 3.24. The fraction of sp³-hybridized carbons (Fsp3) is 0.556. The summed E-state index contributed by atoms with van der Waals surface area (Å²) in [4.78, 5) is 26.3. The van der Waals surface area contributed by atoms with Crippen molar-refractivity contribution in [2.45, 2.75) is 45.1 Å². The number of benzene rings is 1. The number of amides is 2. The second kappa shape index (κ2) is 6.11. The lowest BCUT2D eigenvalue weighted by molar-refractivity contribution is -0.132. The van der Waals surface area contributed by atoms with Gasteiger partial charge in [-0.25, -0.2) is 0 Å². The van der Waals surface area contributed by atoms with E-state index in [0.717, 1.165) is 12.1 Å². The van der Waals surface area contributed by atoms with Crippen LogP contribution >= 0.6 is 0 Å². The molecule has 2 unspecified atom stereocenters. The Kier molecular flexibility index (Phi) is 4.19. The molecule has 0 saturated heterocycles. The van der Waals surface area contributed by atoms with E-state index in [4.69, 9.17) is 0 Å². The van der Waals surface area contributed by atoms with E-state index in [0.29, 0.717) is 24.8 Å². The van der Waals surface area contributed by atoms with E-state index in [1.165, 1.54) is 18.4 Å². The number of hydrogen-bond donors (Lipinski definition) is 1. The van der Waals surface area contributed by atoms with Crippen LogP contribution in [0.25, 0.3) is 0 Å². The van der Waals surface area contributed by atoms with E-state index in [1.54, 1.807) is 0 Å². The minimum absolute atomic E-state index is 0.0457. The van der Waals surface area contributed by atoms with Crippen LogP contribution in [0.3, 0.4) is 0 Å². The number of nitrogens with zero attached hydrogens (tertiary/aromatic N) is 1. The smallest absolute Gasteiger partial charge is 0.227 e. The van der Waals surface area contributed by atoms with E-state index in [1.807, 2.05) is 36.2 Å². The summed E-state index contributed by atoms with van der Waals surface area (Å²) in [5.74, 6) is 0.790. The molecule has 0 bridgehead atoms. The van der Waals surface area contributed by atoms with Crippen molar-refractivity contribution in [2.24, 2.45) is 11.8 Å². The summed E-state index contributed by atoms with van der Waals surface area (Å²) in [5.41, 5.74) is 2.08. The molecule has 1 fully saturated rings. The highest BCUT2D eigenvalue weighted by Gasteiger charge is 2.33. The molecule has 2 atom stereocenters. The first-order valence-corrected chi connectivity index (χ1v) is 8.20. The summed E-state index contributed by atoms with van der Waals surface area (Å²) < 4.78 is 0. The maximum Gasteiger partial charge on any atom is 0.227 e. The second-order valence-electron chi connectivity index (χ2n) is 6.67. The van der Waals surface area contributed by atoms with Crippen LogP contribution in [0.1, 0.15) is 38.2 Å². The first-order chi connectivity index (χ1) is 10.6. The third kappa shape index (κ3) is 3.16. The zero-order valence-electron chi connectivity index (χ0n) is 13.3. The van der Waals surface area contributed by atoms with E-state index in [-0.39, 0.29) is 17.7 Å². The number of para-hydroxylation sites is 1. The van der Waals surface area contributed by atoms with Gasteiger partial charge in [0.2, 0.25) is 11.8 Å². The monoisotopic (exact) mass is 300 g/mol. The van der Waals surface area contributed by atoms with Crippen molar-refractivity contribution in [1.82, 2.24) is 4.90 Å². The van der Waals surface area contributed by atoms with Crippen molar-refractivity contribution in [3.05, 3.63) is 29.8 Å². The standard InChI is InChI=1S/C18H24N2O2/c1-12(13-7-8-13)20(2)17(21)10-9-15-11-14-5-3-4-6-16(14)19-18(15)22/h3-6,12-13,15H,7-11H2,1-2H3,(H,19,22). The third-order valence-corrected chi connectivity index (χ3v) is 5.13. The van der Waals surface area contributed by atoms with Gasteiger partial charge in [0.05, 0.1) is 0 Å². The van der Waals surface area contributed by atoms with Crippen LogP contribution in [0.15, 0.2) is 24.3 Å². The summed E-state index contributed by atoms with van der Waals surface area (Å²) in [7, 11) is 1.89. The second-order valence-corrected chi connectivity index (χ2v) is 6.67. The van der Waals surface area contributed by atoms with Crippen molar-refractivity contribution in [1.29, 1.82) is 0 Å². The van der Waals surface area contributed by atoms with Crippen molar-refractivity contribution >= 4 is 17.5 Å². The van der Waals surface area contributed by atoms with Crippen molar-refractivity contribution in [3.8, 4) is 0 Å². The van der Waals surface area contributed by atoms with Crippen LogP contribution in [0.4, 0.5) is 5.69 Å². The van der Waals surface area contributed by atoms with Gasteiger partial charge in [-0.15, -0.1) is 0 Å². The average molecular weight is 300 g/mol. The summed E-state index contributed by atoms with van der Waals surface area (Å²) in [6, 6.07) is 8.22. The Bertz CT molecular complexity index is 580. The molecule has 4 heteroatoms. The van der Waals surface area contributed by atoms with Crippen LogP contribution in [0.5, 0.6) is 0 Å². The van der Waals surface area contributed by atoms with Gasteiger partial charge >= 0.3 is 0 Å². The van der Waals surface area contributed by atoms with Gasteiger partial charge in [-0.05, 0) is 50.2 Å². The molecule has 4 nitrogen and oxygen atoms in total. The number of fused-ring (bicyclic) bond motifs is 1. The lowest BCUT2D eigenvalue weighted by Crippen LogP contribution is -2.37. The fourth-order valence-electron chi connectivity index (χ4n) is 3.24. The van der Waals surface area contributed by atoms with Crippen LogP contribution < -0.4 is 5.32 Å². The predicted octanol–water partition coefficient (Wildman–Crippen LogP) is 2.83. The van der Waals surface area contributed by atoms with Crippen molar-refractivity contribution in [3.63, 3.8) is 0 Å². The normalized spacial score (nSPS) is 21.7. The van der Waals surface area contributed by atoms with Gasteiger partial charge in [0.25, 0.3) is 0 Å². The maximum absolute atomic E-state index is 12.3.